The second-order valence-corrected chi connectivity index (χ2v) is 8.18. The lowest BCUT2D eigenvalue weighted by Crippen LogP contribution is -2.47. The molecule has 1 aliphatic heterocycles. The minimum absolute atomic E-state index is 0.0293. The van der Waals surface area contributed by atoms with Crippen LogP contribution in [0.4, 0.5) is 0 Å². The first-order valence-corrected chi connectivity index (χ1v) is 9.75. The van der Waals surface area contributed by atoms with Crippen molar-refractivity contribution in [1.29, 1.82) is 0 Å². The van der Waals surface area contributed by atoms with Gasteiger partial charge in [-0.25, -0.2) is 0 Å². The molecular weight excluding hydrogens is 316 g/mol. The second-order valence-electron chi connectivity index (χ2n) is 8.18. The Balaban J connectivity index is 1.26. The Bertz CT molecular complexity index is 619. The predicted molar refractivity (Wildman–Crippen MR) is 93.9 cm³/mol. The molecule has 0 spiro atoms. The molecule has 1 saturated heterocycles. The third-order valence-electron chi connectivity index (χ3n) is 6.69. The topological polar surface area (TPSA) is 62.6 Å². The lowest BCUT2D eigenvalue weighted by Gasteiger charge is -2.33. The molecule has 0 aromatic carbocycles. The fraction of sp³-hybridized carbons (Fsp3) is 0.700. The molecule has 2 heterocycles. The van der Waals surface area contributed by atoms with Crippen molar-refractivity contribution in [3.63, 3.8) is 0 Å². The van der Waals surface area contributed by atoms with Crippen molar-refractivity contribution in [1.82, 2.24) is 10.2 Å². The summed E-state index contributed by atoms with van der Waals surface area (Å²) in [5, 5.41) is 3.29. The van der Waals surface area contributed by atoms with Gasteiger partial charge in [-0.1, -0.05) is 6.42 Å². The van der Waals surface area contributed by atoms with Gasteiger partial charge in [0.15, 0.2) is 5.76 Å². The number of fused-ring (bicyclic) bond motifs is 2. The highest BCUT2D eigenvalue weighted by atomic mass is 16.3. The fourth-order valence-electron chi connectivity index (χ4n) is 5.26. The molecule has 2 saturated carbocycles. The van der Waals surface area contributed by atoms with Crippen LogP contribution in [0.3, 0.4) is 0 Å². The molecule has 5 heteroatoms. The second kappa shape index (κ2) is 6.85. The van der Waals surface area contributed by atoms with Crippen molar-refractivity contribution in [2.24, 2.45) is 23.7 Å². The van der Waals surface area contributed by atoms with Crippen LogP contribution in [0, 0.1) is 23.7 Å². The van der Waals surface area contributed by atoms with Crippen LogP contribution in [0.2, 0.25) is 0 Å². The summed E-state index contributed by atoms with van der Waals surface area (Å²) in [6.45, 7) is 3.43. The summed E-state index contributed by atoms with van der Waals surface area (Å²) in [5.41, 5.74) is 0. The van der Waals surface area contributed by atoms with Crippen LogP contribution in [0.1, 0.15) is 56.0 Å². The van der Waals surface area contributed by atoms with Crippen LogP contribution in [-0.2, 0) is 4.79 Å². The first-order valence-electron chi connectivity index (χ1n) is 9.75. The average Bonchev–Trinajstić information content (AvgIpc) is 3.38. The summed E-state index contributed by atoms with van der Waals surface area (Å²) in [5.74, 6) is 2.93. The molecule has 2 amide bonds. The van der Waals surface area contributed by atoms with Crippen molar-refractivity contribution in [2.45, 2.75) is 51.5 Å². The third-order valence-corrected chi connectivity index (χ3v) is 6.69. The maximum absolute atomic E-state index is 12.6. The van der Waals surface area contributed by atoms with E-state index >= 15 is 0 Å². The van der Waals surface area contributed by atoms with Crippen molar-refractivity contribution < 1.29 is 14.0 Å². The van der Waals surface area contributed by atoms with Crippen molar-refractivity contribution >= 4 is 11.8 Å². The number of nitrogens with one attached hydrogen (secondary N) is 1. The van der Waals surface area contributed by atoms with Gasteiger partial charge in [-0.2, -0.15) is 0 Å². The monoisotopic (exact) mass is 344 g/mol. The zero-order valence-corrected chi connectivity index (χ0v) is 14.9. The third kappa shape index (κ3) is 3.33. The highest BCUT2D eigenvalue weighted by molar-refractivity contribution is 5.91. The van der Waals surface area contributed by atoms with E-state index in [0.29, 0.717) is 24.8 Å². The van der Waals surface area contributed by atoms with Gasteiger partial charge in [-0.15, -0.1) is 0 Å². The fourth-order valence-corrected chi connectivity index (χ4v) is 5.26. The van der Waals surface area contributed by atoms with Crippen LogP contribution in [0.15, 0.2) is 22.8 Å². The highest BCUT2D eigenvalue weighted by Crippen LogP contribution is 2.49. The summed E-state index contributed by atoms with van der Waals surface area (Å²) in [7, 11) is 0. The van der Waals surface area contributed by atoms with Crippen LogP contribution in [-0.4, -0.2) is 35.8 Å². The molecule has 0 unspecified atom stereocenters. The minimum atomic E-state index is -0.0702. The van der Waals surface area contributed by atoms with Gasteiger partial charge in [-0.05, 0) is 68.9 Å². The molecule has 1 aromatic rings. The van der Waals surface area contributed by atoms with E-state index in [-0.39, 0.29) is 23.8 Å². The predicted octanol–water partition coefficient (Wildman–Crippen LogP) is 3.07. The van der Waals surface area contributed by atoms with Gasteiger partial charge in [0.2, 0.25) is 5.91 Å². The van der Waals surface area contributed by atoms with Crippen LogP contribution >= 0.6 is 0 Å². The van der Waals surface area contributed by atoms with Gasteiger partial charge in [0, 0.05) is 25.0 Å². The molecule has 1 aromatic heterocycles. The summed E-state index contributed by atoms with van der Waals surface area (Å²) < 4.78 is 5.19. The smallest absolute Gasteiger partial charge is 0.289 e. The van der Waals surface area contributed by atoms with Gasteiger partial charge in [0.25, 0.3) is 5.91 Å². The molecule has 3 fully saturated rings. The maximum atomic E-state index is 12.6. The number of amides is 2. The number of carbonyl (C=O) groups excluding carboxylic acids is 2. The Hall–Kier alpha value is -1.78. The van der Waals surface area contributed by atoms with E-state index in [2.05, 4.69) is 12.2 Å². The number of hydrogen-bond donors (Lipinski definition) is 1. The number of carbonyl (C=O) groups is 2. The normalized spacial score (nSPS) is 30.4. The molecule has 136 valence electrons. The minimum Gasteiger partial charge on any atom is -0.459 e. The van der Waals surface area contributed by atoms with E-state index < -0.39 is 0 Å². The Morgan fingerprint density at radius 1 is 1.20 bits per heavy atom. The lowest BCUT2D eigenvalue weighted by atomic mass is 9.83. The van der Waals surface area contributed by atoms with Crippen LogP contribution < -0.4 is 5.32 Å². The number of hydrogen-bond acceptors (Lipinski definition) is 3. The summed E-state index contributed by atoms with van der Waals surface area (Å²) >= 11 is 0. The molecule has 4 atom stereocenters. The molecule has 25 heavy (non-hydrogen) atoms. The molecule has 0 radical (unpaired) electrons. The molecule has 2 aliphatic carbocycles. The Labute approximate surface area is 149 Å². The van der Waals surface area contributed by atoms with Crippen molar-refractivity contribution in [3.05, 3.63) is 24.2 Å². The number of likely N-dealkylation sites (tertiary alicyclic amines) is 1. The zero-order valence-electron chi connectivity index (χ0n) is 14.9. The zero-order chi connectivity index (χ0) is 17.4. The molecule has 4 rings (SSSR count). The van der Waals surface area contributed by atoms with Crippen LogP contribution in [0.5, 0.6) is 0 Å². The van der Waals surface area contributed by atoms with E-state index in [0.717, 1.165) is 24.7 Å². The summed E-state index contributed by atoms with van der Waals surface area (Å²) in [6.07, 6.45) is 8.40. The van der Waals surface area contributed by atoms with E-state index in [1.54, 1.807) is 17.0 Å². The van der Waals surface area contributed by atoms with Gasteiger partial charge >= 0.3 is 0 Å². The van der Waals surface area contributed by atoms with Crippen molar-refractivity contribution in [3.8, 4) is 0 Å². The number of rotatable bonds is 4. The van der Waals surface area contributed by atoms with E-state index in [9.17, 15) is 9.59 Å². The quantitative estimate of drug-likeness (QED) is 0.913. The lowest BCUT2D eigenvalue weighted by molar-refractivity contribution is -0.127. The van der Waals surface area contributed by atoms with E-state index in [1.807, 2.05) is 0 Å². The number of piperidine rings is 1. The maximum Gasteiger partial charge on any atom is 0.289 e. The van der Waals surface area contributed by atoms with Crippen LogP contribution in [0.25, 0.3) is 0 Å². The standard InChI is InChI=1S/C20H28N2O3/c1-13(17-12-14-4-5-16(17)11-14)21-19(23)15-6-8-22(9-7-15)20(24)18-3-2-10-25-18/h2-3,10,13-17H,4-9,11-12H2,1H3,(H,21,23)/t13-,14+,16+,17+/m1/s1. The van der Waals surface area contributed by atoms with Gasteiger partial charge < -0.3 is 14.6 Å². The summed E-state index contributed by atoms with van der Waals surface area (Å²) in [4.78, 5) is 26.7. The Morgan fingerprint density at radius 3 is 2.60 bits per heavy atom. The average molecular weight is 344 g/mol. The molecule has 3 aliphatic rings. The largest absolute Gasteiger partial charge is 0.459 e. The van der Waals surface area contributed by atoms with Crippen molar-refractivity contribution in [2.75, 3.05) is 13.1 Å². The van der Waals surface area contributed by atoms with Gasteiger partial charge in [-0.3, -0.25) is 9.59 Å². The summed E-state index contributed by atoms with van der Waals surface area (Å²) in [6, 6.07) is 3.70. The van der Waals surface area contributed by atoms with Gasteiger partial charge in [0.05, 0.1) is 6.26 Å². The number of nitrogens with zero attached hydrogens (tertiary/aromatic N) is 1. The van der Waals surface area contributed by atoms with E-state index in [4.69, 9.17) is 4.42 Å². The molecule has 2 bridgehead atoms. The molecular formula is C20H28N2O3. The first kappa shape index (κ1) is 16.7. The highest BCUT2D eigenvalue weighted by Gasteiger charge is 2.42. The Kier molecular flexibility index (Phi) is 4.57. The Morgan fingerprint density at radius 2 is 2.00 bits per heavy atom. The SMILES string of the molecule is C[C@@H](NC(=O)C1CCN(C(=O)c2ccco2)CC1)[C@@H]1C[C@H]2CC[C@H]1C2. The van der Waals surface area contributed by atoms with Gasteiger partial charge in [0.1, 0.15) is 0 Å². The number of furan rings is 1. The first-order chi connectivity index (χ1) is 12.1. The molecule has 1 N–H and O–H groups in total. The molecule has 5 nitrogen and oxygen atoms in total. The van der Waals surface area contributed by atoms with E-state index in [1.165, 1.54) is 31.9 Å².